The van der Waals surface area contributed by atoms with Crippen LogP contribution >= 0.6 is 0 Å². The number of aromatic nitrogens is 1. The van der Waals surface area contributed by atoms with E-state index in [0.29, 0.717) is 23.5 Å². The van der Waals surface area contributed by atoms with Crippen molar-refractivity contribution in [3.63, 3.8) is 0 Å². The van der Waals surface area contributed by atoms with E-state index in [1.165, 1.54) is 6.07 Å². The number of aromatic carboxylic acids is 1. The van der Waals surface area contributed by atoms with E-state index in [9.17, 15) is 14.7 Å². The van der Waals surface area contributed by atoms with Crippen molar-refractivity contribution in [2.75, 3.05) is 0 Å². The van der Waals surface area contributed by atoms with E-state index >= 15 is 0 Å². The highest BCUT2D eigenvalue weighted by Crippen LogP contribution is 2.23. The first-order valence-electron chi connectivity index (χ1n) is 6.20. The van der Waals surface area contributed by atoms with Crippen molar-refractivity contribution in [2.24, 2.45) is 0 Å². The van der Waals surface area contributed by atoms with Crippen LogP contribution in [-0.4, -0.2) is 15.6 Å². The Morgan fingerprint density at radius 2 is 2.00 bits per heavy atom. The summed E-state index contributed by atoms with van der Waals surface area (Å²) in [5.41, 5.74) is 1.15. The molecule has 1 N–H and O–H groups in total. The molecule has 2 aromatic rings. The highest BCUT2D eigenvalue weighted by molar-refractivity contribution is 5.94. The zero-order valence-corrected chi connectivity index (χ0v) is 11.2. The first kappa shape index (κ1) is 13.8. The fourth-order valence-corrected chi connectivity index (χ4v) is 2.24. The van der Waals surface area contributed by atoms with Gasteiger partial charge >= 0.3 is 5.97 Å². The number of rotatable bonds is 4. The largest absolute Gasteiger partial charge is 0.477 e. The number of carboxylic acid groups (broad SMARTS) is 1. The van der Waals surface area contributed by atoms with Gasteiger partial charge in [-0.1, -0.05) is 36.4 Å². The quantitative estimate of drug-likeness (QED) is 0.868. The number of benzene rings is 1. The molecule has 0 saturated heterocycles. The van der Waals surface area contributed by atoms with Crippen LogP contribution < -0.4 is 5.43 Å². The van der Waals surface area contributed by atoms with Crippen LogP contribution in [0.15, 0.2) is 53.8 Å². The predicted molar refractivity (Wildman–Crippen MR) is 78.0 cm³/mol. The van der Waals surface area contributed by atoms with Crippen molar-refractivity contribution in [3.8, 4) is 11.3 Å². The predicted octanol–water partition coefficient (Wildman–Crippen LogP) is 2.71. The van der Waals surface area contributed by atoms with Gasteiger partial charge in [-0.05, 0) is 12.5 Å². The van der Waals surface area contributed by atoms with Crippen LogP contribution in [0.4, 0.5) is 0 Å². The molecule has 20 heavy (non-hydrogen) atoms. The molecular weight excluding hydrogens is 254 g/mol. The molecule has 0 aliphatic rings. The van der Waals surface area contributed by atoms with Crippen LogP contribution in [-0.2, 0) is 6.54 Å². The van der Waals surface area contributed by atoms with E-state index in [2.05, 4.69) is 6.58 Å². The number of pyridine rings is 1. The fraction of sp³-hybridized carbons (Fsp3) is 0.125. The Kier molecular flexibility index (Phi) is 3.84. The van der Waals surface area contributed by atoms with E-state index < -0.39 is 11.4 Å². The molecule has 0 aliphatic heterocycles. The number of aryl methyl sites for hydroxylation is 1. The number of hydrogen-bond acceptors (Lipinski definition) is 2. The van der Waals surface area contributed by atoms with Crippen LogP contribution in [0.25, 0.3) is 11.3 Å². The smallest absolute Gasteiger partial charge is 0.341 e. The fourth-order valence-electron chi connectivity index (χ4n) is 2.24. The lowest BCUT2D eigenvalue weighted by atomic mass is 10.0. The second kappa shape index (κ2) is 5.57. The summed E-state index contributed by atoms with van der Waals surface area (Å²) in [6, 6.07) is 10.4. The van der Waals surface area contributed by atoms with Crippen molar-refractivity contribution in [1.82, 2.24) is 4.57 Å². The number of hydrogen-bond donors (Lipinski definition) is 1. The maximum absolute atomic E-state index is 12.0. The van der Waals surface area contributed by atoms with Gasteiger partial charge in [0.05, 0.1) is 5.69 Å². The summed E-state index contributed by atoms with van der Waals surface area (Å²) < 4.78 is 1.78. The third-order valence-corrected chi connectivity index (χ3v) is 3.09. The van der Waals surface area contributed by atoms with Crippen LogP contribution in [0.3, 0.4) is 0 Å². The average Bonchev–Trinajstić information content (AvgIpc) is 2.42. The van der Waals surface area contributed by atoms with Crippen molar-refractivity contribution in [1.29, 1.82) is 0 Å². The standard InChI is InChI=1S/C16H15NO3/c1-3-9-17-11(2)10-13(18)14(16(19)20)15(17)12-7-5-4-6-8-12/h3-8,10H,1,9H2,2H3,(H,19,20). The van der Waals surface area contributed by atoms with Gasteiger partial charge in [-0.15, -0.1) is 6.58 Å². The third kappa shape index (κ3) is 2.40. The molecule has 0 spiro atoms. The number of carboxylic acids is 1. The Balaban J connectivity index is 2.89. The Labute approximate surface area is 116 Å². The minimum absolute atomic E-state index is 0.205. The van der Waals surface area contributed by atoms with Crippen LogP contribution in [0.2, 0.25) is 0 Å². The van der Waals surface area contributed by atoms with Crippen LogP contribution in [0, 0.1) is 6.92 Å². The lowest BCUT2D eigenvalue weighted by Crippen LogP contribution is -2.22. The second-order valence-corrected chi connectivity index (χ2v) is 4.44. The summed E-state index contributed by atoms with van der Waals surface area (Å²) in [6.07, 6.45) is 1.68. The molecule has 0 atom stereocenters. The maximum atomic E-state index is 12.0. The molecular formula is C16H15NO3. The number of allylic oxidation sites excluding steroid dienone is 1. The lowest BCUT2D eigenvalue weighted by Gasteiger charge is -2.17. The van der Waals surface area contributed by atoms with Crippen molar-refractivity contribution < 1.29 is 9.90 Å². The summed E-state index contributed by atoms with van der Waals surface area (Å²) in [6.45, 7) is 5.90. The zero-order valence-electron chi connectivity index (χ0n) is 11.2. The van der Waals surface area contributed by atoms with Gasteiger partial charge in [0, 0.05) is 18.3 Å². The molecule has 2 rings (SSSR count). The molecule has 0 saturated carbocycles. The molecule has 0 bridgehead atoms. The molecule has 0 amide bonds. The molecule has 1 aromatic heterocycles. The van der Waals surface area contributed by atoms with Crippen LogP contribution in [0.5, 0.6) is 0 Å². The van der Waals surface area contributed by atoms with E-state index in [0.717, 1.165) is 0 Å². The number of nitrogens with zero attached hydrogens (tertiary/aromatic N) is 1. The SMILES string of the molecule is C=CCn1c(C)cc(=O)c(C(=O)O)c1-c1ccccc1. The molecule has 0 fully saturated rings. The van der Waals surface area contributed by atoms with Crippen molar-refractivity contribution in [2.45, 2.75) is 13.5 Å². The summed E-state index contributed by atoms with van der Waals surface area (Å²) in [7, 11) is 0. The maximum Gasteiger partial charge on any atom is 0.341 e. The Hall–Kier alpha value is -2.62. The average molecular weight is 269 g/mol. The summed E-state index contributed by atoms with van der Waals surface area (Å²) in [5.74, 6) is -1.22. The monoisotopic (exact) mass is 269 g/mol. The van der Waals surface area contributed by atoms with Gasteiger partial charge in [0.2, 0.25) is 0 Å². The summed E-state index contributed by atoms with van der Waals surface area (Å²) in [4.78, 5) is 23.5. The summed E-state index contributed by atoms with van der Waals surface area (Å²) in [5, 5.41) is 9.35. The van der Waals surface area contributed by atoms with E-state index in [-0.39, 0.29) is 5.56 Å². The van der Waals surface area contributed by atoms with E-state index in [1.54, 1.807) is 29.7 Å². The van der Waals surface area contributed by atoms with Gasteiger partial charge in [-0.3, -0.25) is 4.79 Å². The third-order valence-electron chi connectivity index (χ3n) is 3.09. The van der Waals surface area contributed by atoms with Gasteiger partial charge < -0.3 is 9.67 Å². The minimum atomic E-state index is -1.22. The molecule has 0 unspecified atom stereocenters. The lowest BCUT2D eigenvalue weighted by molar-refractivity contribution is 0.0695. The molecule has 4 heteroatoms. The topological polar surface area (TPSA) is 59.3 Å². The molecule has 1 heterocycles. The first-order valence-corrected chi connectivity index (χ1v) is 6.20. The molecule has 0 aliphatic carbocycles. The minimum Gasteiger partial charge on any atom is -0.477 e. The van der Waals surface area contributed by atoms with Gasteiger partial charge in [0.15, 0.2) is 5.43 Å². The van der Waals surface area contributed by atoms with E-state index in [4.69, 9.17) is 0 Å². The molecule has 102 valence electrons. The first-order chi connectivity index (χ1) is 9.56. The summed E-state index contributed by atoms with van der Waals surface area (Å²) >= 11 is 0. The van der Waals surface area contributed by atoms with Crippen LogP contribution in [0.1, 0.15) is 16.1 Å². The Bertz CT molecular complexity index is 714. The Morgan fingerprint density at radius 1 is 1.35 bits per heavy atom. The zero-order chi connectivity index (χ0) is 14.7. The molecule has 1 aromatic carbocycles. The Morgan fingerprint density at radius 3 is 2.55 bits per heavy atom. The highest BCUT2D eigenvalue weighted by Gasteiger charge is 2.20. The van der Waals surface area contributed by atoms with Crippen molar-refractivity contribution >= 4 is 5.97 Å². The van der Waals surface area contributed by atoms with Crippen molar-refractivity contribution in [3.05, 3.63) is 70.5 Å². The number of carbonyl (C=O) groups is 1. The van der Waals surface area contributed by atoms with Gasteiger partial charge in [0.1, 0.15) is 5.56 Å². The van der Waals surface area contributed by atoms with E-state index in [1.807, 2.05) is 18.2 Å². The second-order valence-electron chi connectivity index (χ2n) is 4.44. The van der Waals surface area contributed by atoms with Gasteiger partial charge in [-0.25, -0.2) is 4.79 Å². The van der Waals surface area contributed by atoms with Gasteiger partial charge in [-0.2, -0.15) is 0 Å². The van der Waals surface area contributed by atoms with Gasteiger partial charge in [0.25, 0.3) is 0 Å². The normalized spacial score (nSPS) is 10.2. The molecule has 0 radical (unpaired) electrons. The highest BCUT2D eigenvalue weighted by atomic mass is 16.4. The molecule has 4 nitrogen and oxygen atoms in total.